The third-order valence-corrected chi connectivity index (χ3v) is 3.93. The highest BCUT2D eigenvalue weighted by atomic mass is 16.3. The van der Waals surface area contributed by atoms with Crippen molar-refractivity contribution in [2.24, 2.45) is 15.9 Å². The van der Waals surface area contributed by atoms with Crippen LogP contribution in [0.4, 0.5) is 5.95 Å². The SMILES string of the molecule is N#Cc1cccc(-c2cc(C(C=NCc3cccc(CO)n3)=NN)nc(N)n2)c1. The van der Waals surface area contributed by atoms with Gasteiger partial charge >= 0.3 is 0 Å². The molecular formula is C20H18N8O. The number of rotatable bonds is 6. The zero-order valence-electron chi connectivity index (χ0n) is 15.4. The fraction of sp³-hybridized carbons (Fsp3) is 0.100. The predicted molar refractivity (Wildman–Crippen MR) is 110 cm³/mol. The van der Waals surface area contributed by atoms with Crippen molar-refractivity contribution in [1.29, 1.82) is 5.26 Å². The molecule has 0 aliphatic carbocycles. The fourth-order valence-corrected chi connectivity index (χ4v) is 2.59. The molecule has 2 aromatic heterocycles. The molecule has 0 fully saturated rings. The summed E-state index contributed by atoms with van der Waals surface area (Å²) in [7, 11) is 0. The molecule has 0 atom stereocenters. The van der Waals surface area contributed by atoms with Gasteiger partial charge in [0.2, 0.25) is 5.95 Å². The number of benzene rings is 1. The van der Waals surface area contributed by atoms with Gasteiger partial charge in [0.1, 0.15) is 5.71 Å². The van der Waals surface area contributed by atoms with Gasteiger partial charge < -0.3 is 16.7 Å². The number of aliphatic hydroxyl groups is 1. The number of pyridine rings is 1. The van der Waals surface area contributed by atoms with E-state index in [1.165, 1.54) is 6.21 Å². The zero-order valence-corrected chi connectivity index (χ0v) is 15.4. The van der Waals surface area contributed by atoms with Crippen LogP contribution in [-0.2, 0) is 13.2 Å². The summed E-state index contributed by atoms with van der Waals surface area (Å²) in [6.07, 6.45) is 1.48. The lowest BCUT2D eigenvalue weighted by atomic mass is 10.1. The van der Waals surface area contributed by atoms with Crippen LogP contribution in [0.25, 0.3) is 11.3 Å². The standard InChI is InChI=1S/C20H18N8O/c21-9-13-3-1-4-14(7-13)17-8-18(27-20(22)26-17)19(28-23)11-24-10-15-5-2-6-16(12-29)25-15/h1-8,11,29H,10,12,23H2,(H2,22,26,27). The van der Waals surface area contributed by atoms with Crippen LogP contribution in [0.3, 0.4) is 0 Å². The molecule has 9 heteroatoms. The summed E-state index contributed by atoms with van der Waals surface area (Å²) in [5, 5.41) is 22.0. The largest absolute Gasteiger partial charge is 0.390 e. The monoisotopic (exact) mass is 386 g/mol. The Kier molecular flexibility index (Phi) is 6.19. The number of hydrogen-bond donors (Lipinski definition) is 3. The number of nitrogens with two attached hydrogens (primary N) is 2. The van der Waals surface area contributed by atoms with Gasteiger partial charge in [0.05, 0.1) is 53.8 Å². The van der Waals surface area contributed by atoms with E-state index in [9.17, 15) is 0 Å². The number of aromatic nitrogens is 3. The highest BCUT2D eigenvalue weighted by Gasteiger charge is 2.10. The molecule has 0 saturated heterocycles. The lowest BCUT2D eigenvalue weighted by Gasteiger charge is -2.06. The molecule has 0 unspecified atom stereocenters. The summed E-state index contributed by atoms with van der Waals surface area (Å²) in [5.74, 6) is 5.57. The van der Waals surface area contributed by atoms with Crippen LogP contribution < -0.4 is 11.6 Å². The molecule has 9 nitrogen and oxygen atoms in total. The first-order valence-electron chi connectivity index (χ1n) is 8.61. The minimum absolute atomic E-state index is 0.0479. The van der Waals surface area contributed by atoms with Gasteiger partial charge in [0, 0.05) is 5.56 Å². The van der Waals surface area contributed by atoms with E-state index < -0.39 is 0 Å². The van der Waals surface area contributed by atoms with Crippen LogP contribution in [0.5, 0.6) is 0 Å². The minimum Gasteiger partial charge on any atom is -0.390 e. The Hall–Kier alpha value is -4.16. The van der Waals surface area contributed by atoms with Crippen molar-refractivity contribution in [1.82, 2.24) is 15.0 Å². The minimum atomic E-state index is -0.136. The normalized spacial score (nSPS) is 11.5. The average Bonchev–Trinajstić information content (AvgIpc) is 2.76. The zero-order chi connectivity index (χ0) is 20.6. The van der Waals surface area contributed by atoms with Gasteiger partial charge in [0.15, 0.2) is 0 Å². The average molecular weight is 386 g/mol. The van der Waals surface area contributed by atoms with Crippen LogP contribution in [-0.4, -0.2) is 32.0 Å². The quantitative estimate of drug-likeness (QED) is 0.328. The van der Waals surface area contributed by atoms with Crippen LogP contribution >= 0.6 is 0 Å². The molecule has 0 radical (unpaired) electrons. The number of nitrogen functional groups attached to an aromatic ring is 1. The molecule has 0 aliphatic heterocycles. The van der Waals surface area contributed by atoms with E-state index in [1.54, 1.807) is 42.5 Å². The molecule has 0 spiro atoms. The van der Waals surface area contributed by atoms with E-state index in [-0.39, 0.29) is 19.1 Å². The highest BCUT2D eigenvalue weighted by molar-refractivity contribution is 6.37. The van der Waals surface area contributed by atoms with Crippen molar-refractivity contribution in [3.05, 3.63) is 71.2 Å². The van der Waals surface area contributed by atoms with Gasteiger partial charge in [0.25, 0.3) is 0 Å². The van der Waals surface area contributed by atoms with Crippen molar-refractivity contribution < 1.29 is 5.11 Å². The van der Waals surface area contributed by atoms with Crippen LogP contribution in [0.15, 0.2) is 58.6 Å². The number of anilines is 1. The van der Waals surface area contributed by atoms with Gasteiger partial charge in [-0.15, -0.1) is 0 Å². The molecule has 0 bridgehead atoms. The molecule has 0 aliphatic rings. The first-order chi connectivity index (χ1) is 14.1. The second-order valence-electron chi connectivity index (χ2n) is 5.95. The summed E-state index contributed by atoms with van der Waals surface area (Å²) >= 11 is 0. The number of aliphatic hydroxyl groups excluding tert-OH is 1. The van der Waals surface area contributed by atoms with Crippen molar-refractivity contribution in [3.8, 4) is 17.3 Å². The Bertz CT molecular complexity index is 1120. The maximum Gasteiger partial charge on any atom is 0.221 e. The Morgan fingerprint density at radius 3 is 2.66 bits per heavy atom. The van der Waals surface area contributed by atoms with E-state index in [0.29, 0.717) is 34.1 Å². The van der Waals surface area contributed by atoms with Crippen molar-refractivity contribution in [3.63, 3.8) is 0 Å². The maximum absolute atomic E-state index is 9.16. The highest BCUT2D eigenvalue weighted by Crippen LogP contribution is 2.20. The van der Waals surface area contributed by atoms with E-state index >= 15 is 0 Å². The van der Waals surface area contributed by atoms with Crippen molar-refractivity contribution in [2.75, 3.05) is 5.73 Å². The van der Waals surface area contributed by atoms with E-state index in [1.807, 2.05) is 6.07 Å². The second-order valence-corrected chi connectivity index (χ2v) is 5.95. The molecule has 2 heterocycles. The third kappa shape index (κ3) is 4.97. The Morgan fingerprint density at radius 2 is 1.90 bits per heavy atom. The molecular weight excluding hydrogens is 368 g/mol. The summed E-state index contributed by atoms with van der Waals surface area (Å²) < 4.78 is 0. The van der Waals surface area contributed by atoms with Gasteiger partial charge in [-0.3, -0.25) is 9.98 Å². The van der Waals surface area contributed by atoms with Gasteiger partial charge in [-0.1, -0.05) is 18.2 Å². The summed E-state index contributed by atoms with van der Waals surface area (Å²) in [4.78, 5) is 17.0. The first kappa shape index (κ1) is 19.6. The number of hydrazone groups is 1. The summed E-state index contributed by atoms with van der Waals surface area (Å²) in [6.45, 7) is 0.146. The topological polar surface area (TPSA) is 159 Å². The number of aliphatic imine (C=N–C) groups is 1. The van der Waals surface area contributed by atoms with Crippen LogP contribution in [0.2, 0.25) is 0 Å². The van der Waals surface area contributed by atoms with Gasteiger partial charge in [-0.25, -0.2) is 9.97 Å². The van der Waals surface area contributed by atoms with E-state index in [0.717, 1.165) is 5.56 Å². The van der Waals surface area contributed by atoms with Gasteiger partial charge in [-0.05, 0) is 30.3 Å². The lowest BCUT2D eigenvalue weighted by molar-refractivity contribution is 0.276. The predicted octanol–water partition coefficient (Wildman–Crippen LogP) is 1.42. The Morgan fingerprint density at radius 1 is 1.10 bits per heavy atom. The fourth-order valence-electron chi connectivity index (χ4n) is 2.59. The first-order valence-corrected chi connectivity index (χ1v) is 8.61. The lowest BCUT2D eigenvalue weighted by Crippen LogP contribution is -2.11. The molecule has 0 saturated carbocycles. The summed E-state index contributed by atoms with van der Waals surface area (Å²) in [6, 6.07) is 16.1. The molecule has 3 rings (SSSR count). The Labute approximate surface area is 167 Å². The van der Waals surface area contributed by atoms with Crippen molar-refractivity contribution in [2.45, 2.75) is 13.2 Å². The maximum atomic E-state index is 9.16. The molecule has 1 aromatic carbocycles. The second kappa shape index (κ2) is 9.16. The molecule has 144 valence electrons. The van der Waals surface area contributed by atoms with Crippen LogP contribution in [0.1, 0.15) is 22.6 Å². The molecule has 29 heavy (non-hydrogen) atoms. The molecule has 0 amide bonds. The van der Waals surface area contributed by atoms with E-state index in [4.69, 9.17) is 21.9 Å². The molecule has 3 aromatic rings. The summed E-state index contributed by atoms with van der Waals surface area (Å²) in [5.41, 5.74) is 9.59. The van der Waals surface area contributed by atoms with E-state index in [2.05, 4.69) is 31.1 Å². The number of hydrogen-bond acceptors (Lipinski definition) is 9. The number of nitriles is 1. The molecule has 5 N–H and O–H groups in total. The number of nitrogens with zero attached hydrogens (tertiary/aromatic N) is 6. The van der Waals surface area contributed by atoms with Gasteiger partial charge in [-0.2, -0.15) is 10.4 Å². The third-order valence-electron chi connectivity index (χ3n) is 3.93. The smallest absolute Gasteiger partial charge is 0.221 e. The van der Waals surface area contributed by atoms with Crippen LogP contribution in [0, 0.1) is 11.3 Å². The van der Waals surface area contributed by atoms with Crippen molar-refractivity contribution >= 4 is 17.9 Å². The Balaban J connectivity index is 1.85.